The number of carbonyl (C=O) groups is 1. The molecule has 0 aliphatic heterocycles. The molecular weight excluding hydrogens is 174 g/mol. The van der Waals surface area contributed by atoms with E-state index in [1.165, 1.54) is 11.3 Å². The smallest absolute Gasteiger partial charge is 0.351 e. The summed E-state index contributed by atoms with van der Waals surface area (Å²) in [6.07, 6.45) is 4.93. The fraction of sp³-hybridized carbons (Fsp3) is 0.250. The molecule has 0 fully saturated rings. The molecule has 0 unspecified atom stereocenters. The van der Waals surface area contributed by atoms with Crippen molar-refractivity contribution in [3.8, 4) is 12.3 Å². The molecule has 0 aliphatic carbocycles. The minimum atomic E-state index is -0.395. The van der Waals surface area contributed by atoms with Gasteiger partial charge >= 0.3 is 5.97 Å². The molecule has 0 radical (unpaired) electrons. The Morgan fingerprint density at radius 1 is 1.92 bits per heavy atom. The Kier molecular flexibility index (Phi) is 2.83. The third kappa shape index (κ3) is 1.83. The van der Waals surface area contributed by atoms with E-state index in [9.17, 15) is 4.79 Å². The summed E-state index contributed by atoms with van der Waals surface area (Å²) in [4.78, 5) is 15.6. The fourth-order valence-electron chi connectivity index (χ4n) is 0.671. The number of hydrogen-bond acceptors (Lipinski definition) is 4. The molecule has 0 amide bonds. The van der Waals surface area contributed by atoms with E-state index in [0.29, 0.717) is 10.6 Å². The van der Waals surface area contributed by atoms with Crippen molar-refractivity contribution in [3.63, 3.8) is 0 Å². The summed E-state index contributed by atoms with van der Waals surface area (Å²) in [5, 5.41) is 0. The van der Waals surface area contributed by atoms with Gasteiger partial charge in [0.1, 0.15) is 4.88 Å². The van der Waals surface area contributed by atoms with Crippen LogP contribution in [0.3, 0.4) is 0 Å². The summed E-state index contributed by atoms with van der Waals surface area (Å²) in [6, 6.07) is 0. The van der Waals surface area contributed by atoms with Crippen LogP contribution < -0.4 is 0 Å². The Bertz CT molecular complexity index is 324. The van der Waals surface area contributed by atoms with Gasteiger partial charge in [-0.3, -0.25) is 0 Å². The first-order valence-electron chi connectivity index (χ1n) is 3.26. The van der Waals surface area contributed by atoms with Crippen LogP contribution in [0.15, 0.2) is 5.51 Å². The molecule has 1 aromatic heterocycles. The first kappa shape index (κ1) is 8.75. The molecule has 1 rings (SSSR count). The van der Waals surface area contributed by atoms with Gasteiger partial charge in [-0.1, -0.05) is 5.92 Å². The van der Waals surface area contributed by atoms with E-state index in [2.05, 4.69) is 10.9 Å². The highest BCUT2D eigenvalue weighted by molar-refractivity contribution is 7.11. The van der Waals surface area contributed by atoms with Crippen molar-refractivity contribution in [2.45, 2.75) is 6.92 Å². The molecule has 0 bridgehead atoms. The molecule has 0 saturated heterocycles. The van der Waals surface area contributed by atoms with E-state index in [-0.39, 0.29) is 6.61 Å². The standard InChI is InChI=1S/C8H7NO2S/c1-3-4-11-8(10)7-6(2)9-5-12-7/h1,5H,4H2,2H3. The van der Waals surface area contributed by atoms with Gasteiger partial charge in [0.05, 0.1) is 11.2 Å². The minimum Gasteiger partial charge on any atom is -0.448 e. The molecule has 12 heavy (non-hydrogen) atoms. The molecule has 1 aromatic rings. The Morgan fingerprint density at radius 3 is 3.17 bits per heavy atom. The second-order valence-electron chi connectivity index (χ2n) is 2.05. The third-order valence-electron chi connectivity index (χ3n) is 1.22. The van der Waals surface area contributed by atoms with Crippen molar-refractivity contribution in [2.75, 3.05) is 6.61 Å². The Labute approximate surface area is 74.4 Å². The lowest BCUT2D eigenvalue weighted by atomic mass is 10.4. The van der Waals surface area contributed by atoms with Gasteiger partial charge in [-0.05, 0) is 6.92 Å². The first-order valence-corrected chi connectivity index (χ1v) is 4.14. The van der Waals surface area contributed by atoms with Crippen LogP contribution in [-0.2, 0) is 4.74 Å². The van der Waals surface area contributed by atoms with Crippen molar-refractivity contribution in [2.24, 2.45) is 0 Å². The second kappa shape index (κ2) is 3.88. The SMILES string of the molecule is C#CCOC(=O)c1scnc1C. The van der Waals surface area contributed by atoms with E-state index in [4.69, 9.17) is 11.2 Å². The summed E-state index contributed by atoms with van der Waals surface area (Å²) < 4.78 is 4.71. The molecule has 0 spiro atoms. The first-order chi connectivity index (χ1) is 5.75. The molecule has 0 aromatic carbocycles. The van der Waals surface area contributed by atoms with Crippen LogP contribution >= 0.6 is 11.3 Å². The molecule has 0 N–H and O–H groups in total. The number of ether oxygens (including phenoxy) is 1. The van der Waals surface area contributed by atoms with E-state index in [1.54, 1.807) is 12.4 Å². The monoisotopic (exact) mass is 181 g/mol. The van der Waals surface area contributed by atoms with Gasteiger partial charge in [0.2, 0.25) is 0 Å². The van der Waals surface area contributed by atoms with Gasteiger partial charge in [0.25, 0.3) is 0 Å². The summed E-state index contributed by atoms with van der Waals surface area (Å²) in [5.74, 6) is 1.83. The highest BCUT2D eigenvalue weighted by Crippen LogP contribution is 2.12. The van der Waals surface area contributed by atoms with Crippen molar-refractivity contribution >= 4 is 17.3 Å². The van der Waals surface area contributed by atoms with Gasteiger partial charge in [-0.15, -0.1) is 17.8 Å². The average molecular weight is 181 g/mol. The van der Waals surface area contributed by atoms with Crippen LogP contribution in [0.1, 0.15) is 15.4 Å². The number of aryl methyl sites for hydroxylation is 1. The number of thiazole rings is 1. The maximum Gasteiger partial charge on any atom is 0.351 e. The van der Waals surface area contributed by atoms with Crippen molar-refractivity contribution in [1.82, 2.24) is 4.98 Å². The molecule has 1 heterocycles. The van der Waals surface area contributed by atoms with E-state index >= 15 is 0 Å². The molecule has 3 nitrogen and oxygen atoms in total. The van der Waals surface area contributed by atoms with Crippen molar-refractivity contribution < 1.29 is 9.53 Å². The number of rotatable bonds is 2. The Balaban J connectivity index is 2.67. The molecular formula is C8H7NO2S. The van der Waals surface area contributed by atoms with Crippen LogP contribution in [0.5, 0.6) is 0 Å². The van der Waals surface area contributed by atoms with E-state index in [0.717, 1.165) is 0 Å². The maximum absolute atomic E-state index is 11.1. The predicted octanol–water partition coefficient (Wildman–Crippen LogP) is 1.24. The number of aromatic nitrogens is 1. The van der Waals surface area contributed by atoms with Gasteiger partial charge in [0.15, 0.2) is 6.61 Å². The summed E-state index contributed by atoms with van der Waals surface area (Å²) in [7, 11) is 0. The summed E-state index contributed by atoms with van der Waals surface area (Å²) in [5.41, 5.74) is 2.28. The molecule has 0 saturated carbocycles. The number of carbonyl (C=O) groups excluding carboxylic acids is 1. The third-order valence-corrected chi connectivity index (χ3v) is 2.13. The minimum absolute atomic E-state index is 0.0101. The lowest BCUT2D eigenvalue weighted by Crippen LogP contribution is -2.04. The van der Waals surface area contributed by atoms with Gasteiger partial charge in [-0.2, -0.15) is 0 Å². The largest absolute Gasteiger partial charge is 0.448 e. The van der Waals surface area contributed by atoms with Crippen molar-refractivity contribution in [1.29, 1.82) is 0 Å². The van der Waals surface area contributed by atoms with Gasteiger partial charge < -0.3 is 4.74 Å². The summed E-state index contributed by atoms with van der Waals surface area (Å²) in [6.45, 7) is 1.76. The quantitative estimate of drug-likeness (QED) is 0.509. The topological polar surface area (TPSA) is 39.2 Å². The Hall–Kier alpha value is -1.34. The van der Waals surface area contributed by atoms with Crippen LogP contribution in [0.2, 0.25) is 0 Å². The molecule has 62 valence electrons. The molecule has 4 heteroatoms. The van der Waals surface area contributed by atoms with Crippen LogP contribution in [0.25, 0.3) is 0 Å². The maximum atomic E-state index is 11.1. The van der Waals surface area contributed by atoms with E-state index in [1.807, 2.05) is 0 Å². The van der Waals surface area contributed by atoms with Crippen LogP contribution in [-0.4, -0.2) is 17.6 Å². The number of hydrogen-bond donors (Lipinski definition) is 0. The summed E-state index contributed by atoms with van der Waals surface area (Å²) >= 11 is 1.25. The average Bonchev–Trinajstić information content (AvgIpc) is 2.47. The number of esters is 1. The fourth-order valence-corrected chi connectivity index (χ4v) is 1.37. The number of nitrogens with zero attached hydrogens (tertiary/aromatic N) is 1. The van der Waals surface area contributed by atoms with Crippen LogP contribution in [0, 0.1) is 19.3 Å². The lowest BCUT2D eigenvalue weighted by Gasteiger charge is -1.97. The highest BCUT2D eigenvalue weighted by atomic mass is 32.1. The van der Waals surface area contributed by atoms with Crippen molar-refractivity contribution in [3.05, 3.63) is 16.1 Å². The van der Waals surface area contributed by atoms with Crippen LogP contribution in [0.4, 0.5) is 0 Å². The number of terminal acetylenes is 1. The zero-order valence-electron chi connectivity index (χ0n) is 6.53. The van der Waals surface area contributed by atoms with Gasteiger partial charge in [-0.25, -0.2) is 9.78 Å². The normalized spacial score (nSPS) is 9.00. The molecule has 0 aliphatic rings. The predicted molar refractivity (Wildman–Crippen MR) is 46.0 cm³/mol. The highest BCUT2D eigenvalue weighted by Gasteiger charge is 2.11. The zero-order valence-corrected chi connectivity index (χ0v) is 7.35. The van der Waals surface area contributed by atoms with E-state index < -0.39 is 5.97 Å². The second-order valence-corrected chi connectivity index (χ2v) is 2.90. The molecule has 0 atom stereocenters. The Morgan fingerprint density at radius 2 is 2.67 bits per heavy atom. The zero-order chi connectivity index (χ0) is 8.97. The lowest BCUT2D eigenvalue weighted by molar-refractivity contribution is 0.0561. The van der Waals surface area contributed by atoms with Gasteiger partial charge in [0, 0.05) is 0 Å².